The molecule has 1 heterocycles. The molecule has 2 atom stereocenters. The van der Waals surface area contributed by atoms with Crippen LogP contribution in [0.5, 0.6) is 0 Å². The van der Waals surface area contributed by atoms with E-state index in [1.807, 2.05) is 13.0 Å². The first-order chi connectivity index (χ1) is 6.57. The van der Waals surface area contributed by atoms with E-state index in [0.29, 0.717) is 17.3 Å². The summed E-state index contributed by atoms with van der Waals surface area (Å²) in [6.45, 7) is 7.36. The molecule has 1 aromatic rings. The molecule has 14 heavy (non-hydrogen) atoms. The Balaban J connectivity index is 2.26. The fourth-order valence-electron chi connectivity index (χ4n) is 2.51. The van der Waals surface area contributed by atoms with Crippen molar-refractivity contribution in [2.24, 2.45) is 17.1 Å². The van der Waals surface area contributed by atoms with Gasteiger partial charge in [-0.3, -0.25) is 4.98 Å². The Morgan fingerprint density at radius 1 is 1.43 bits per heavy atom. The normalized spacial score (nSPS) is 28.9. The van der Waals surface area contributed by atoms with Crippen molar-refractivity contribution >= 4 is 0 Å². The molecule has 1 aromatic heterocycles. The lowest BCUT2D eigenvalue weighted by molar-refractivity contribution is 0.557. The second-order valence-electron chi connectivity index (χ2n) is 4.85. The number of pyridine rings is 1. The monoisotopic (exact) mass is 190 g/mol. The van der Waals surface area contributed by atoms with Crippen molar-refractivity contribution in [2.45, 2.75) is 26.7 Å². The highest BCUT2D eigenvalue weighted by Gasteiger charge is 2.57. The number of aryl methyl sites for hydroxylation is 1. The van der Waals surface area contributed by atoms with Crippen LogP contribution in [0.15, 0.2) is 18.2 Å². The van der Waals surface area contributed by atoms with Crippen LogP contribution in [0, 0.1) is 18.3 Å². The third-order valence-corrected chi connectivity index (χ3v) is 3.53. The molecule has 76 valence electrons. The van der Waals surface area contributed by atoms with Gasteiger partial charge in [-0.25, -0.2) is 0 Å². The Labute approximate surface area is 85.5 Å². The quantitative estimate of drug-likeness (QED) is 0.775. The third kappa shape index (κ3) is 1.34. The van der Waals surface area contributed by atoms with Crippen molar-refractivity contribution in [2.75, 3.05) is 6.54 Å². The largest absolute Gasteiger partial charge is 0.330 e. The highest BCUT2D eigenvalue weighted by molar-refractivity contribution is 5.27. The van der Waals surface area contributed by atoms with Crippen molar-refractivity contribution in [3.05, 3.63) is 29.6 Å². The fraction of sp³-hybridized carbons (Fsp3) is 0.583. The Bertz CT molecular complexity index is 344. The molecule has 2 nitrogen and oxygen atoms in total. The standard InChI is InChI=1S/C12H18N2/c1-8-5-4-6-10(14-8)11-9(7-13)12(11,2)3/h4-6,9,11H,7,13H2,1-3H3/t9-,11+/m0/s1. The zero-order valence-electron chi connectivity index (χ0n) is 9.12. The van der Waals surface area contributed by atoms with E-state index in [4.69, 9.17) is 5.73 Å². The SMILES string of the molecule is Cc1cccc([C@H]2[C@H](CN)C2(C)C)n1. The van der Waals surface area contributed by atoms with Crippen LogP contribution in [-0.4, -0.2) is 11.5 Å². The summed E-state index contributed by atoms with van der Waals surface area (Å²) < 4.78 is 0. The van der Waals surface area contributed by atoms with Crippen LogP contribution >= 0.6 is 0 Å². The van der Waals surface area contributed by atoms with Crippen LogP contribution in [-0.2, 0) is 0 Å². The molecule has 0 aliphatic heterocycles. The molecule has 1 aliphatic carbocycles. The van der Waals surface area contributed by atoms with Gasteiger partial charge in [-0.05, 0) is 36.9 Å². The van der Waals surface area contributed by atoms with Gasteiger partial charge >= 0.3 is 0 Å². The van der Waals surface area contributed by atoms with E-state index in [-0.39, 0.29) is 0 Å². The summed E-state index contributed by atoms with van der Waals surface area (Å²) in [5, 5.41) is 0. The molecule has 0 amide bonds. The smallest absolute Gasteiger partial charge is 0.0446 e. The highest BCUT2D eigenvalue weighted by Crippen LogP contribution is 2.63. The Hall–Kier alpha value is -0.890. The van der Waals surface area contributed by atoms with Crippen molar-refractivity contribution in [3.8, 4) is 0 Å². The van der Waals surface area contributed by atoms with Gasteiger partial charge in [0.25, 0.3) is 0 Å². The number of hydrogen-bond acceptors (Lipinski definition) is 2. The lowest BCUT2D eigenvalue weighted by atomic mass is 10.1. The number of hydrogen-bond donors (Lipinski definition) is 1. The number of nitrogens with two attached hydrogens (primary N) is 1. The van der Waals surface area contributed by atoms with Crippen LogP contribution < -0.4 is 5.73 Å². The van der Waals surface area contributed by atoms with Gasteiger partial charge in [0.1, 0.15) is 0 Å². The van der Waals surface area contributed by atoms with Crippen LogP contribution in [0.25, 0.3) is 0 Å². The van der Waals surface area contributed by atoms with Crippen molar-refractivity contribution in [1.29, 1.82) is 0 Å². The van der Waals surface area contributed by atoms with Gasteiger partial charge in [-0.15, -0.1) is 0 Å². The summed E-state index contributed by atoms with van der Waals surface area (Å²) in [4.78, 5) is 4.57. The zero-order valence-corrected chi connectivity index (χ0v) is 9.12. The first kappa shape index (κ1) is 9.66. The topological polar surface area (TPSA) is 38.9 Å². The Kier molecular flexibility index (Phi) is 2.11. The van der Waals surface area contributed by atoms with Gasteiger partial charge in [-0.1, -0.05) is 19.9 Å². The minimum absolute atomic E-state index is 0.343. The second kappa shape index (κ2) is 3.06. The summed E-state index contributed by atoms with van der Waals surface area (Å²) in [6, 6.07) is 6.24. The number of aromatic nitrogens is 1. The fourth-order valence-corrected chi connectivity index (χ4v) is 2.51. The zero-order chi connectivity index (χ0) is 10.3. The molecule has 1 fully saturated rings. The lowest BCUT2D eigenvalue weighted by Gasteiger charge is -2.02. The van der Waals surface area contributed by atoms with Gasteiger partial charge in [0.05, 0.1) is 0 Å². The Morgan fingerprint density at radius 2 is 2.14 bits per heavy atom. The predicted octanol–water partition coefficient (Wildman–Crippen LogP) is 2.09. The van der Waals surface area contributed by atoms with Crippen LogP contribution in [0.4, 0.5) is 0 Å². The molecule has 2 heteroatoms. The summed E-state index contributed by atoms with van der Waals surface area (Å²) >= 11 is 0. The van der Waals surface area contributed by atoms with Crippen molar-refractivity contribution < 1.29 is 0 Å². The van der Waals surface area contributed by atoms with Crippen LogP contribution in [0.1, 0.15) is 31.2 Å². The molecule has 2 rings (SSSR count). The van der Waals surface area contributed by atoms with Crippen LogP contribution in [0.3, 0.4) is 0 Å². The number of nitrogens with zero attached hydrogens (tertiary/aromatic N) is 1. The second-order valence-corrected chi connectivity index (χ2v) is 4.85. The first-order valence-corrected chi connectivity index (χ1v) is 5.21. The third-order valence-electron chi connectivity index (χ3n) is 3.53. The summed E-state index contributed by atoms with van der Waals surface area (Å²) in [5.41, 5.74) is 8.40. The van der Waals surface area contributed by atoms with Gasteiger partial charge in [0.2, 0.25) is 0 Å². The van der Waals surface area contributed by atoms with E-state index >= 15 is 0 Å². The van der Waals surface area contributed by atoms with Gasteiger partial charge in [0.15, 0.2) is 0 Å². The van der Waals surface area contributed by atoms with E-state index in [1.165, 1.54) is 5.69 Å². The maximum atomic E-state index is 5.75. The summed E-state index contributed by atoms with van der Waals surface area (Å²) in [5.74, 6) is 1.17. The maximum absolute atomic E-state index is 5.75. The van der Waals surface area contributed by atoms with Gasteiger partial charge in [-0.2, -0.15) is 0 Å². The number of rotatable bonds is 2. The molecular formula is C12H18N2. The molecule has 2 N–H and O–H groups in total. The lowest BCUT2D eigenvalue weighted by Crippen LogP contribution is -2.05. The van der Waals surface area contributed by atoms with E-state index in [1.54, 1.807) is 0 Å². The average molecular weight is 190 g/mol. The van der Waals surface area contributed by atoms with E-state index in [0.717, 1.165) is 12.2 Å². The van der Waals surface area contributed by atoms with Crippen molar-refractivity contribution in [1.82, 2.24) is 4.98 Å². The minimum atomic E-state index is 0.343. The van der Waals surface area contributed by atoms with E-state index < -0.39 is 0 Å². The minimum Gasteiger partial charge on any atom is -0.330 e. The molecule has 0 aromatic carbocycles. The summed E-state index contributed by atoms with van der Waals surface area (Å²) in [7, 11) is 0. The predicted molar refractivity (Wildman–Crippen MR) is 58.0 cm³/mol. The molecule has 0 saturated heterocycles. The van der Waals surface area contributed by atoms with E-state index in [9.17, 15) is 0 Å². The van der Waals surface area contributed by atoms with Crippen LogP contribution in [0.2, 0.25) is 0 Å². The van der Waals surface area contributed by atoms with E-state index in [2.05, 4.69) is 31.0 Å². The molecule has 0 bridgehead atoms. The molecule has 1 saturated carbocycles. The van der Waals surface area contributed by atoms with Gasteiger partial charge in [0, 0.05) is 17.3 Å². The van der Waals surface area contributed by atoms with Gasteiger partial charge < -0.3 is 5.73 Å². The molecule has 0 spiro atoms. The summed E-state index contributed by atoms with van der Waals surface area (Å²) in [6.07, 6.45) is 0. The maximum Gasteiger partial charge on any atom is 0.0446 e. The van der Waals surface area contributed by atoms with Crippen molar-refractivity contribution in [3.63, 3.8) is 0 Å². The molecule has 0 radical (unpaired) electrons. The first-order valence-electron chi connectivity index (χ1n) is 5.21. The highest BCUT2D eigenvalue weighted by atomic mass is 14.8. The molecule has 0 unspecified atom stereocenters. The average Bonchev–Trinajstić information content (AvgIpc) is 2.68. The Morgan fingerprint density at radius 3 is 2.64 bits per heavy atom. The molecule has 1 aliphatic rings. The molecular weight excluding hydrogens is 172 g/mol.